The molecule has 0 bridgehead atoms. The summed E-state index contributed by atoms with van der Waals surface area (Å²) < 4.78 is 0.956. The second kappa shape index (κ2) is 4.82. The van der Waals surface area contributed by atoms with Crippen LogP contribution in [0.5, 0.6) is 0 Å². The summed E-state index contributed by atoms with van der Waals surface area (Å²) in [5.41, 5.74) is 0.602. The van der Waals surface area contributed by atoms with Gasteiger partial charge in [0, 0.05) is 14.5 Å². The van der Waals surface area contributed by atoms with Gasteiger partial charge >= 0.3 is 0 Å². The van der Waals surface area contributed by atoms with Crippen LogP contribution in [0.25, 0.3) is 0 Å². The third kappa shape index (κ3) is 2.71. The fraction of sp³-hybridized carbons (Fsp3) is 0.364. The first-order chi connectivity index (χ1) is 7.56. The summed E-state index contributed by atoms with van der Waals surface area (Å²) in [6.07, 6.45) is 2.09. The molecule has 1 aromatic rings. The molecule has 0 aliphatic heterocycles. The average Bonchev–Trinajstić information content (AvgIpc) is 3.02. The standard InChI is InChI=1S/C11H10BrClINO/c12-6-11(3-4-11)15-10(16)7-1-2-9(14)8(13)5-7/h1-2,5H,3-4,6H2,(H,15,16). The summed E-state index contributed by atoms with van der Waals surface area (Å²) in [5.74, 6) is -0.0461. The van der Waals surface area contributed by atoms with Crippen molar-refractivity contribution in [2.75, 3.05) is 5.33 Å². The number of carbonyl (C=O) groups excluding carboxylic acids is 1. The second-order valence-corrected chi connectivity index (χ2v) is 6.13. The van der Waals surface area contributed by atoms with Crippen molar-refractivity contribution in [3.8, 4) is 0 Å². The van der Waals surface area contributed by atoms with Gasteiger partial charge in [-0.3, -0.25) is 4.79 Å². The maximum absolute atomic E-state index is 11.9. The zero-order valence-electron chi connectivity index (χ0n) is 8.40. The Morgan fingerprint density at radius 1 is 1.56 bits per heavy atom. The summed E-state index contributed by atoms with van der Waals surface area (Å²) in [7, 11) is 0. The van der Waals surface area contributed by atoms with Gasteiger partial charge in [0.25, 0.3) is 5.91 Å². The van der Waals surface area contributed by atoms with Gasteiger partial charge in [0.15, 0.2) is 0 Å². The molecule has 0 aromatic heterocycles. The number of hydrogen-bond acceptors (Lipinski definition) is 1. The van der Waals surface area contributed by atoms with E-state index in [1.807, 2.05) is 6.07 Å². The SMILES string of the molecule is O=C(NC1(CBr)CC1)c1ccc(I)c(Cl)c1. The van der Waals surface area contributed by atoms with Crippen molar-refractivity contribution >= 4 is 56.0 Å². The largest absolute Gasteiger partial charge is 0.346 e. The van der Waals surface area contributed by atoms with Gasteiger partial charge in [-0.1, -0.05) is 27.5 Å². The van der Waals surface area contributed by atoms with E-state index in [0.29, 0.717) is 10.6 Å². The molecule has 1 N–H and O–H groups in total. The maximum atomic E-state index is 11.9. The summed E-state index contributed by atoms with van der Waals surface area (Å²) in [6, 6.07) is 5.36. The number of hydrogen-bond donors (Lipinski definition) is 1. The van der Waals surface area contributed by atoms with Crippen molar-refractivity contribution in [3.05, 3.63) is 32.4 Å². The highest BCUT2D eigenvalue weighted by atomic mass is 127. The normalized spacial score (nSPS) is 16.9. The van der Waals surface area contributed by atoms with Crippen molar-refractivity contribution in [2.45, 2.75) is 18.4 Å². The van der Waals surface area contributed by atoms with E-state index in [9.17, 15) is 4.79 Å². The molecule has 1 fully saturated rings. The monoisotopic (exact) mass is 413 g/mol. The van der Waals surface area contributed by atoms with E-state index in [4.69, 9.17) is 11.6 Å². The molecule has 0 atom stereocenters. The first-order valence-electron chi connectivity index (χ1n) is 4.90. The fourth-order valence-electron chi connectivity index (χ4n) is 1.39. The molecule has 2 nitrogen and oxygen atoms in total. The van der Waals surface area contributed by atoms with Crippen LogP contribution in [0.15, 0.2) is 18.2 Å². The highest BCUT2D eigenvalue weighted by Gasteiger charge is 2.42. The molecule has 16 heavy (non-hydrogen) atoms. The van der Waals surface area contributed by atoms with Crippen molar-refractivity contribution in [1.29, 1.82) is 0 Å². The van der Waals surface area contributed by atoms with E-state index >= 15 is 0 Å². The summed E-state index contributed by atoms with van der Waals surface area (Å²) in [4.78, 5) is 11.9. The minimum atomic E-state index is -0.0461. The Morgan fingerprint density at radius 2 is 2.25 bits per heavy atom. The number of rotatable bonds is 3. The molecule has 0 heterocycles. The number of halogens is 3. The molecule has 0 spiro atoms. The van der Waals surface area contributed by atoms with Crippen molar-refractivity contribution < 1.29 is 4.79 Å². The molecule has 1 amide bonds. The van der Waals surface area contributed by atoms with Gasteiger partial charge in [-0.15, -0.1) is 0 Å². The fourth-order valence-corrected chi connectivity index (χ4v) is 2.61. The lowest BCUT2D eigenvalue weighted by Gasteiger charge is -2.14. The Bertz CT molecular complexity index is 434. The molecule has 1 saturated carbocycles. The lowest BCUT2D eigenvalue weighted by atomic mass is 10.2. The molecule has 1 aromatic carbocycles. The van der Waals surface area contributed by atoms with Crippen LogP contribution in [0.3, 0.4) is 0 Å². The third-order valence-corrected chi connectivity index (χ3v) is 5.32. The van der Waals surface area contributed by atoms with E-state index in [-0.39, 0.29) is 11.4 Å². The molecule has 2 rings (SSSR count). The lowest BCUT2D eigenvalue weighted by Crippen LogP contribution is -2.38. The van der Waals surface area contributed by atoms with E-state index < -0.39 is 0 Å². The predicted molar refractivity (Wildman–Crippen MR) is 77.4 cm³/mol. The van der Waals surface area contributed by atoms with Crippen LogP contribution in [0.4, 0.5) is 0 Å². The number of nitrogens with one attached hydrogen (secondary N) is 1. The molecule has 1 aliphatic rings. The summed E-state index contributed by atoms with van der Waals surface area (Å²) in [6.45, 7) is 0. The van der Waals surface area contributed by atoms with Crippen LogP contribution in [-0.2, 0) is 0 Å². The Balaban J connectivity index is 2.12. The second-order valence-electron chi connectivity index (χ2n) is 4.00. The first-order valence-corrected chi connectivity index (χ1v) is 7.48. The molecule has 5 heteroatoms. The van der Waals surface area contributed by atoms with Crippen molar-refractivity contribution in [1.82, 2.24) is 5.32 Å². The van der Waals surface area contributed by atoms with Crippen molar-refractivity contribution in [2.24, 2.45) is 0 Å². The van der Waals surface area contributed by atoms with Crippen LogP contribution >= 0.6 is 50.1 Å². The minimum absolute atomic E-state index is 0.0213. The Labute approximate surface area is 121 Å². The van der Waals surface area contributed by atoms with Crippen LogP contribution in [0.2, 0.25) is 5.02 Å². The van der Waals surface area contributed by atoms with E-state index in [1.54, 1.807) is 12.1 Å². The zero-order chi connectivity index (χ0) is 11.8. The van der Waals surface area contributed by atoms with Crippen LogP contribution in [-0.4, -0.2) is 16.8 Å². The first kappa shape index (κ1) is 12.6. The Morgan fingerprint density at radius 3 is 2.75 bits per heavy atom. The molecule has 1 aliphatic carbocycles. The van der Waals surface area contributed by atoms with Crippen LogP contribution < -0.4 is 5.32 Å². The van der Waals surface area contributed by atoms with Gasteiger partial charge in [0.1, 0.15) is 0 Å². The summed E-state index contributed by atoms with van der Waals surface area (Å²) in [5, 5.41) is 4.46. The Kier molecular flexibility index (Phi) is 3.81. The molecular weight excluding hydrogens is 404 g/mol. The van der Waals surface area contributed by atoms with E-state index in [1.165, 1.54) is 0 Å². The quantitative estimate of drug-likeness (QED) is 0.594. The smallest absolute Gasteiger partial charge is 0.251 e. The van der Waals surface area contributed by atoms with E-state index in [0.717, 1.165) is 21.7 Å². The Hall–Kier alpha value is 0.190. The minimum Gasteiger partial charge on any atom is -0.346 e. The maximum Gasteiger partial charge on any atom is 0.251 e. The third-order valence-electron chi connectivity index (χ3n) is 2.67. The molecule has 0 saturated heterocycles. The van der Waals surface area contributed by atoms with Crippen LogP contribution in [0, 0.1) is 3.57 Å². The molecule has 0 radical (unpaired) electrons. The topological polar surface area (TPSA) is 29.1 Å². The molecular formula is C11H10BrClINO. The number of alkyl halides is 1. The lowest BCUT2D eigenvalue weighted by molar-refractivity contribution is 0.0936. The van der Waals surface area contributed by atoms with Crippen molar-refractivity contribution in [3.63, 3.8) is 0 Å². The molecule has 86 valence electrons. The van der Waals surface area contributed by atoms with Gasteiger partial charge in [-0.2, -0.15) is 0 Å². The van der Waals surface area contributed by atoms with Crippen LogP contribution in [0.1, 0.15) is 23.2 Å². The zero-order valence-corrected chi connectivity index (χ0v) is 12.9. The highest BCUT2D eigenvalue weighted by molar-refractivity contribution is 14.1. The average molecular weight is 414 g/mol. The van der Waals surface area contributed by atoms with E-state index in [2.05, 4.69) is 43.8 Å². The predicted octanol–water partition coefficient (Wildman–Crippen LogP) is 3.60. The van der Waals surface area contributed by atoms with Gasteiger partial charge in [-0.25, -0.2) is 0 Å². The number of carbonyl (C=O) groups is 1. The highest BCUT2D eigenvalue weighted by Crippen LogP contribution is 2.37. The number of benzene rings is 1. The molecule has 0 unspecified atom stereocenters. The van der Waals surface area contributed by atoms with Gasteiger partial charge in [0.2, 0.25) is 0 Å². The number of amides is 1. The van der Waals surface area contributed by atoms with Gasteiger partial charge in [0.05, 0.1) is 10.6 Å². The van der Waals surface area contributed by atoms with Gasteiger partial charge < -0.3 is 5.32 Å². The van der Waals surface area contributed by atoms with Gasteiger partial charge in [-0.05, 0) is 53.6 Å². The summed E-state index contributed by atoms with van der Waals surface area (Å²) >= 11 is 11.5.